The molecule has 1 fully saturated rings. The Bertz CT molecular complexity index is 1030. The van der Waals surface area contributed by atoms with Crippen molar-refractivity contribution in [3.63, 3.8) is 0 Å². The number of alkyl carbamates (subject to hydrolysis) is 1. The molecule has 2 amide bonds. The van der Waals surface area contributed by atoms with Crippen molar-refractivity contribution in [2.45, 2.75) is 19.3 Å². The van der Waals surface area contributed by atoms with E-state index in [0.29, 0.717) is 13.0 Å². The molecule has 32 heavy (non-hydrogen) atoms. The summed E-state index contributed by atoms with van der Waals surface area (Å²) in [5.74, 6) is -1.16. The fraction of sp³-hybridized carbons (Fsp3) is 0.320. The maximum atomic E-state index is 12.2. The number of carbonyl (C=O) groups is 3. The number of carboxylic acid groups (broad SMARTS) is 1. The van der Waals surface area contributed by atoms with E-state index >= 15 is 0 Å². The Morgan fingerprint density at radius 1 is 1.12 bits per heavy atom. The summed E-state index contributed by atoms with van der Waals surface area (Å²) in [5.41, 5.74) is 3.72. The first-order chi connectivity index (χ1) is 15.4. The molecule has 2 aromatic carbocycles. The lowest BCUT2D eigenvalue weighted by Crippen LogP contribution is -2.34. The highest BCUT2D eigenvalue weighted by atomic mass is 16.5. The summed E-state index contributed by atoms with van der Waals surface area (Å²) < 4.78 is 5.46. The standard InChI is InChI=1S/C25H26N2O5/c1-25(23(29)30)12-14-27(16-25)22(28)11-6-13-26-24(31)32-15-21-19-9-4-2-7-17(19)18-8-3-5-10-20(18)21/h2-11,21H,12-16H2,1H3,(H,26,31)(H,29,30)/b11-6+. The van der Waals surface area contributed by atoms with Crippen molar-refractivity contribution in [1.82, 2.24) is 10.2 Å². The topological polar surface area (TPSA) is 95.9 Å². The second kappa shape index (κ2) is 8.86. The van der Waals surface area contributed by atoms with Gasteiger partial charge in [-0.1, -0.05) is 54.6 Å². The van der Waals surface area contributed by atoms with Gasteiger partial charge < -0.3 is 20.1 Å². The highest BCUT2D eigenvalue weighted by Gasteiger charge is 2.41. The smallest absolute Gasteiger partial charge is 0.407 e. The molecule has 1 aliphatic carbocycles. The molecule has 2 aromatic rings. The third-order valence-corrected chi connectivity index (χ3v) is 6.27. The van der Waals surface area contributed by atoms with E-state index in [1.165, 1.54) is 22.1 Å². The number of amides is 2. The number of ether oxygens (including phenoxy) is 1. The fourth-order valence-electron chi connectivity index (χ4n) is 4.38. The molecule has 0 spiro atoms. The first-order valence-electron chi connectivity index (χ1n) is 10.7. The maximum Gasteiger partial charge on any atom is 0.407 e. The summed E-state index contributed by atoms with van der Waals surface area (Å²) in [5, 5.41) is 11.9. The summed E-state index contributed by atoms with van der Waals surface area (Å²) in [6.07, 6.45) is 2.78. The Balaban J connectivity index is 1.26. The molecular formula is C25H26N2O5. The van der Waals surface area contributed by atoms with E-state index in [-0.39, 0.29) is 31.5 Å². The number of benzene rings is 2. The van der Waals surface area contributed by atoms with Gasteiger partial charge >= 0.3 is 12.1 Å². The van der Waals surface area contributed by atoms with E-state index in [9.17, 15) is 19.5 Å². The van der Waals surface area contributed by atoms with Crippen molar-refractivity contribution in [2.24, 2.45) is 5.41 Å². The van der Waals surface area contributed by atoms with E-state index in [1.807, 2.05) is 24.3 Å². The van der Waals surface area contributed by atoms with Crippen LogP contribution in [0, 0.1) is 5.41 Å². The molecule has 2 aliphatic rings. The molecular weight excluding hydrogens is 408 g/mol. The summed E-state index contributed by atoms with van der Waals surface area (Å²) >= 11 is 0. The second-order valence-corrected chi connectivity index (χ2v) is 8.48. The van der Waals surface area contributed by atoms with E-state index < -0.39 is 17.5 Å². The van der Waals surface area contributed by atoms with E-state index in [4.69, 9.17) is 4.74 Å². The van der Waals surface area contributed by atoms with Gasteiger partial charge in [-0.2, -0.15) is 0 Å². The molecule has 2 N–H and O–H groups in total. The van der Waals surface area contributed by atoms with Crippen LogP contribution in [-0.4, -0.2) is 54.2 Å². The third kappa shape index (κ3) is 4.23. The van der Waals surface area contributed by atoms with Crippen LogP contribution in [0.3, 0.4) is 0 Å². The van der Waals surface area contributed by atoms with Crippen LogP contribution in [0.2, 0.25) is 0 Å². The monoisotopic (exact) mass is 434 g/mol. The lowest BCUT2D eigenvalue weighted by molar-refractivity contribution is -0.147. The van der Waals surface area contributed by atoms with Gasteiger partial charge in [-0.3, -0.25) is 9.59 Å². The van der Waals surface area contributed by atoms with Gasteiger partial charge in [-0.15, -0.1) is 0 Å². The van der Waals surface area contributed by atoms with Crippen LogP contribution >= 0.6 is 0 Å². The average Bonchev–Trinajstić information content (AvgIpc) is 3.35. The highest BCUT2D eigenvalue weighted by Crippen LogP contribution is 2.44. The van der Waals surface area contributed by atoms with Gasteiger partial charge in [0.25, 0.3) is 0 Å². The number of nitrogens with one attached hydrogen (secondary N) is 1. The van der Waals surface area contributed by atoms with Gasteiger partial charge in [0, 0.05) is 31.6 Å². The average molecular weight is 434 g/mol. The number of likely N-dealkylation sites (tertiary alicyclic amines) is 1. The van der Waals surface area contributed by atoms with Crippen LogP contribution in [0.15, 0.2) is 60.7 Å². The molecule has 1 atom stereocenters. The lowest BCUT2D eigenvalue weighted by Gasteiger charge is -2.19. The number of hydrogen-bond donors (Lipinski definition) is 2. The van der Waals surface area contributed by atoms with Crippen LogP contribution in [0.1, 0.15) is 30.4 Å². The summed E-state index contributed by atoms with van der Waals surface area (Å²) in [7, 11) is 0. The molecule has 1 saturated heterocycles. The minimum absolute atomic E-state index is 0.0102. The van der Waals surface area contributed by atoms with Crippen LogP contribution in [0.5, 0.6) is 0 Å². The molecule has 7 nitrogen and oxygen atoms in total. The van der Waals surface area contributed by atoms with Gasteiger partial charge in [0.2, 0.25) is 5.91 Å². The number of hydrogen-bond acceptors (Lipinski definition) is 4. The lowest BCUT2D eigenvalue weighted by atomic mass is 9.90. The predicted molar refractivity (Wildman–Crippen MR) is 119 cm³/mol. The van der Waals surface area contributed by atoms with Gasteiger partial charge in [0.05, 0.1) is 5.41 Å². The number of rotatable bonds is 6. The quantitative estimate of drug-likeness (QED) is 0.680. The summed E-state index contributed by atoms with van der Waals surface area (Å²) in [4.78, 5) is 37.2. The summed E-state index contributed by atoms with van der Waals surface area (Å²) in [6, 6.07) is 16.3. The molecule has 7 heteroatoms. The molecule has 166 valence electrons. The number of carbonyl (C=O) groups excluding carboxylic acids is 2. The van der Waals surface area contributed by atoms with Crippen LogP contribution < -0.4 is 5.32 Å². The minimum Gasteiger partial charge on any atom is -0.481 e. The van der Waals surface area contributed by atoms with Crippen molar-refractivity contribution in [1.29, 1.82) is 0 Å². The van der Waals surface area contributed by atoms with Gasteiger partial charge in [-0.05, 0) is 35.6 Å². The number of aliphatic carboxylic acids is 1. The Kier molecular flexibility index (Phi) is 5.99. The molecule has 4 rings (SSSR count). The van der Waals surface area contributed by atoms with Gasteiger partial charge in [-0.25, -0.2) is 4.79 Å². The van der Waals surface area contributed by atoms with Crippen LogP contribution in [0.4, 0.5) is 4.79 Å². The van der Waals surface area contributed by atoms with Crippen molar-refractivity contribution in [3.05, 3.63) is 71.8 Å². The Morgan fingerprint density at radius 3 is 2.34 bits per heavy atom. The zero-order valence-corrected chi connectivity index (χ0v) is 17.9. The van der Waals surface area contributed by atoms with Crippen molar-refractivity contribution in [3.8, 4) is 11.1 Å². The minimum atomic E-state index is -0.900. The van der Waals surface area contributed by atoms with Crippen molar-refractivity contribution in [2.75, 3.05) is 26.2 Å². The molecule has 1 heterocycles. The second-order valence-electron chi connectivity index (χ2n) is 8.48. The zero-order chi connectivity index (χ0) is 22.7. The predicted octanol–water partition coefficient (Wildman–Crippen LogP) is 3.40. The Morgan fingerprint density at radius 2 is 1.75 bits per heavy atom. The Hall–Kier alpha value is -3.61. The van der Waals surface area contributed by atoms with Crippen LogP contribution in [0.25, 0.3) is 11.1 Å². The number of nitrogens with zero attached hydrogens (tertiary/aromatic N) is 1. The van der Waals surface area contributed by atoms with Crippen molar-refractivity contribution < 1.29 is 24.2 Å². The van der Waals surface area contributed by atoms with E-state index in [1.54, 1.807) is 13.0 Å². The maximum absolute atomic E-state index is 12.2. The SMILES string of the molecule is CC1(C(=O)O)CCN(C(=O)/C=C/CNC(=O)OCC2c3ccccc3-c3ccccc32)C1. The molecule has 0 bridgehead atoms. The van der Waals surface area contributed by atoms with E-state index in [0.717, 1.165) is 11.1 Å². The van der Waals surface area contributed by atoms with Crippen molar-refractivity contribution >= 4 is 18.0 Å². The summed E-state index contributed by atoms with van der Waals surface area (Å²) in [6.45, 7) is 2.61. The van der Waals surface area contributed by atoms with E-state index in [2.05, 4.69) is 29.6 Å². The Labute approximate surface area is 186 Å². The first kappa shape index (κ1) is 21.6. The largest absolute Gasteiger partial charge is 0.481 e. The van der Waals surface area contributed by atoms with Gasteiger partial charge in [0.15, 0.2) is 0 Å². The first-order valence-corrected chi connectivity index (χ1v) is 10.7. The molecule has 0 saturated carbocycles. The number of fused-ring (bicyclic) bond motifs is 3. The third-order valence-electron chi connectivity index (χ3n) is 6.27. The zero-order valence-electron chi connectivity index (χ0n) is 17.9. The highest BCUT2D eigenvalue weighted by molar-refractivity contribution is 5.89. The molecule has 0 radical (unpaired) electrons. The van der Waals surface area contributed by atoms with Gasteiger partial charge in [0.1, 0.15) is 6.61 Å². The normalized spacial score (nSPS) is 19.6. The van der Waals surface area contributed by atoms with Crippen LogP contribution in [-0.2, 0) is 14.3 Å². The molecule has 0 aromatic heterocycles. The molecule has 1 aliphatic heterocycles. The fourth-order valence-corrected chi connectivity index (χ4v) is 4.38. The number of carboxylic acids is 1. The molecule has 1 unspecified atom stereocenters.